The summed E-state index contributed by atoms with van der Waals surface area (Å²) in [4.78, 5) is 25.8. The van der Waals surface area contributed by atoms with Crippen molar-refractivity contribution in [3.8, 4) is 0 Å². The van der Waals surface area contributed by atoms with Crippen molar-refractivity contribution in [1.29, 1.82) is 0 Å². The third-order valence-electron chi connectivity index (χ3n) is 4.36. The number of imide groups is 1. The summed E-state index contributed by atoms with van der Waals surface area (Å²) >= 11 is 0. The number of rotatable bonds is 6. The van der Waals surface area contributed by atoms with Gasteiger partial charge >= 0.3 is 0 Å². The lowest BCUT2D eigenvalue weighted by atomic mass is 10.1. The van der Waals surface area contributed by atoms with E-state index in [4.69, 9.17) is 0 Å². The fourth-order valence-corrected chi connectivity index (χ4v) is 4.54. The molecule has 26 heavy (non-hydrogen) atoms. The summed E-state index contributed by atoms with van der Waals surface area (Å²) < 4.78 is 26.9. The van der Waals surface area contributed by atoms with Gasteiger partial charge in [0, 0.05) is 13.1 Å². The van der Waals surface area contributed by atoms with Gasteiger partial charge in [-0.25, -0.2) is 8.42 Å². The summed E-state index contributed by atoms with van der Waals surface area (Å²) in [6.45, 7) is 3.75. The van der Waals surface area contributed by atoms with E-state index in [1.54, 1.807) is 49.4 Å². The van der Waals surface area contributed by atoms with Crippen LogP contribution >= 0.6 is 0 Å². The maximum Gasteiger partial charge on any atom is 0.261 e. The van der Waals surface area contributed by atoms with Crippen LogP contribution in [0.4, 0.5) is 5.69 Å². The van der Waals surface area contributed by atoms with Gasteiger partial charge in [0.15, 0.2) is 0 Å². The number of amides is 2. The minimum atomic E-state index is -3.68. The van der Waals surface area contributed by atoms with Crippen LogP contribution in [0.15, 0.2) is 48.5 Å². The van der Waals surface area contributed by atoms with Crippen molar-refractivity contribution in [2.75, 3.05) is 23.1 Å². The third kappa shape index (κ3) is 3.22. The second kappa shape index (κ2) is 6.92. The van der Waals surface area contributed by atoms with Gasteiger partial charge in [0.1, 0.15) is 0 Å². The van der Waals surface area contributed by atoms with Gasteiger partial charge in [-0.15, -0.1) is 0 Å². The van der Waals surface area contributed by atoms with Crippen LogP contribution in [0.1, 0.15) is 33.2 Å². The predicted octanol–water partition coefficient (Wildman–Crippen LogP) is 2.45. The van der Waals surface area contributed by atoms with E-state index >= 15 is 0 Å². The Morgan fingerprint density at radius 2 is 1.58 bits per heavy atom. The topological polar surface area (TPSA) is 74.8 Å². The van der Waals surface area contributed by atoms with Crippen molar-refractivity contribution in [3.63, 3.8) is 0 Å². The molecule has 0 aromatic heterocycles. The van der Waals surface area contributed by atoms with Gasteiger partial charge < -0.3 is 0 Å². The molecular formula is C19H20N2O4S. The fourth-order valence-electron chi connectivity index (χ4n) is 3.08. The van der Waals surface area contributed by atoms with Gasteiger partial charge in [-0.1, -0.05) is 24.3 Å². The minimum absolute atomic E-state index is 0.170. The van der Waals surface area contributed by atoms with Gasteiger partial charge in [0.05, 0.1) is 22.6 Å². The number of fused-ring (bicyclic) bond motifs is 1. The van der Waals surface area contributed by atoms with Gasteiger partial charge in [-0.2, -0.15) is 0 Å². The normalized spacial score (nSPS) is 13.8. The van der Waals surface area contributed by atoms with Crippen LogP contribution in [-0.4, -0.2) is 44.0 Å². The quantitative estimate of drug-likeness (QED) is 0.730. The molecule has 6 nitrogen and oxygen atoms in total. The number of sulfonamides is 1. The maximum atomic E-state index is 12.8. The highest BCUT2D eigenvalue weighted by Gasteiger charge is 2.36. The zero-order chi connectivity index (χ0) is 18.9. The van der Waals surface area contributed by atoms with E-state index < -0.39 is 21.8 Å². The first-order valence-corrected chi connectivity index (χ1v) is 9.98. The van der Waals surface area contributed by atoms with Crippen LogP contribution in [0.25, 0.3) is 0 Å². The molecule has 0 saturated carbocycles. The Labute approximate surface area is 153 Å². The van der Waals surface area contributed by atoms with Crippen molar-refractivity contribution >= 4 is 27.5 Å². The molecule has 0 saturated heterocycles. The van der Waals surface area contributed by atoms with Crippen molar-refractivity contribution < 1.29 is 18.0 Å². The molecule has 136 valence electrons. The van der Waals surface area contributed by atoms with Gasteiger partial charge in [0.25, 0.3) is 11.8 Å². The summed E-state index contributed by atoms with van der Waals surface area (Å²) in [5, 5.41) is 0. The average Bonchev–Trinajstić information content (AvgIpc) is 2.85. The molecule has 7 heteroatoms. The lowest BCUT2D eigenvalue weighted by Gasteiger charge is -2.24. The molecule has 0 spiro atoms. The summed E-state index contributed by atoms with van der Waals surface area (Å²) in [6, 6.07) is 13.7. The number of hydrogen-bond acceptors (Lipinski definition) is 4. The van der Waals surface area contributed by atoms with E-state index in [1.807, 2.05) is 13.0 Å². The summed E-state index contributed by atoms with van der Waals surface area (Å²) in [5.74, 6) is -1.21. The monoisotopic (exact) mass is 372 g/mol. The molecule has 0 fully saturated rings. The van der Waals surface area contributed by atoms with E-state index in [-0.39, 0.29) is 18.8 Å². The zero-order valence-corrected chi connectivity index (χ0v) is 15.5. The van der Waals surface area contributed by atoms with Crippen LogP contribution < -0.4 is 4.31 Å². The van der Waals surface area contributed by atoms with E-state index in [1.165, 1.54) is 4.31 Å². The number of anilines is 1. The standard InChI is InChI=1S/C19H20N2O4S/c1-3-21(15-8-6-7-14(2)13-15)26(24,25)12-11-20-18(22)16-9-4-5-10-17(16)19(20)23/h4-10,13H,3,11-12H2,1-2H3. The highest BCUT2D eigenvalue weighted by molar-refractivity contribution is 7.92. The lowest BCUT2D eigenvalue weighted by molar-refractivity contribution is 0.0664. The largest absolute Gasteiger partial charge is 0.273 e. The Morgan fingerprint density at radius 1 is 0.962 bits per heavy atom. The zero-order valence-electron chi connectivity index (χ0n) is 14.7. The number of nitrogens with zero attached hydrogens (tertiary/aromatic N) is 2. The molecule has 0 N–H and O–H groups in total. The maximum absolute atomic E-state index is 12.8. The molecule has 2 aromatic rings. The molecule has 1 aliphatic rings. The molecule has 3 rings (SSSR count). The van der Waals surface area contributed by atoms with E-state index in [0.29, 0.717) is 16.8 Å². The molecule has 0 atom stereocenters. The molecule has 2 aromatic carbocycles. The molecule has 0 aliphatic carbocycles. The Morgan fingerprint density at radius 3 is 2.12 bits per heavy atom. The molecule has 1 aliphatic heterocycles. The van der Waals surface area contributed by atoms with Crippen LogP contribution in [-0.2, 0) is 10.0 Å². The van der Waals surface area contributed by atoms with Gasteiger partial charge in [-0.05, 0) is 43.7 Å². The van der Waals surface area contributed by atoms with Crippen LogP contribution in [0.3, 0.4) is 0 Å². The van der Waals surface area contributed by atoms with Crippen molar-refractivity contribution in [2.45, 2.75) is 13.8 Å². The first kappa shape index (κ1) is 18.1. The first-order valence-electron chi connectivity index (χ1n) is 8.37. The Kier molecular flexibility index (Phi) is 4.82. The van der Waals surface area contributed by atoms with Gasteiger partial charge in [0.2, 0.25) is 10.0 Å². The highest BCUT2D eigenvalue weighted by Crippen LogP contribution is 2.23. The second-order valence-electron chi connectivity index (χ2n) is 6.13. The fraction of sp³-hybridized carbons (Fsp3) is 0.263. The van der Waals surface area contributed by atoms with Crippen LogP contribution in [0.2, 0.25) is 0 Å². The van der Waals surface area contributed by atoms with E-state index in [9.17, 15) is 18.0 Å². The van der Waals surface area contributed by atoms with Crippen LogP contribution in [0.5, 0.6) is 0 Å². The first-order chi connectivity index (χ1) is 12.3. The third-order valence-corrected chi connectivity index (χ3v) is 6.20. The SMILES string of the molecule is CCN(c1cccc(C)c1)S(=O)(=O)CCN1C(=O)c2ccccc2C1=O. The second-order valence-corrected chi connectivity index (χ2v) is 8.14. The van der Waals surface area contributed by atoms with Crippen LogP contribution in [0, 0.1) is 6.92 Å². The van der Waals surface area contributed by atoms with E-state index in [0.717, 1.165) is 10.5 Å². The summed E-state index contributed by atoms with van der Waals surface area (Å²) in [5.41, 5.74) is 2.17. The number of benzene rings is 2. The highest BCUT2D eigenvalue weighted by atomic mass is 32.2. The summed E-state index contributed by atoms with van der Waals surface area (Å²) in [6.07, 6.45) is 0. The number of hydrogen-bond donors (Lipinski definition) is 0. The van der Waals surface area contributed by atoms with Gasteiger partial charge in [-0.3, -0.25) is 18.8 Å². The van der Waals surface area contributed by atoms with E-state index in [2.05, 4.69) is 0 Å². The molecule has 2 amide bonds. The number of carbonyl (C=O) groups excluding carboxylic acids is 2. The molecule has 1 heterocycles. The van der Waals surface area contributed by atoms with Crippen molar-refractivity contribution in [1.82, 2.24) is 4.90 Å². The Balaban J connectivity index is 1.78. The van der Waals surface area contributed by atoms with Crippen molar-refractivity contribution in [3.05, 3.63) is 65.2 Å². The molecule has 0 radical (unpaired) electrons. The summed E-state index contributed by atoms with van der Waals surface area (Å²) in [7, 11) is -3.68. The molecule has 0 unspecified atom stereocenters. The van der Waals surface area contributed by atoms with Crippen molar-refractivity contribution in [2.24, 2.45) is 0 Å². The average molecular weight is 372 g/mol. The minimum Gasteiger partial charge on any atom is -0.273 e. The Hall–Kier alpha value is -2.67. The number of aryl methyl sites for hydroxylation is 1. The lowest BCUT2D eigenvalue weighted by Crippen LogP contribution is -2.39. The molecule has 0 bridgehead atoms. The molecular weight excluding hydrogens is 352 g/mol. The number of carbonyl (C=O) groups is 2. The Bertz CT molecular complexity index is 934. The smallest absolute Gasteiger partial charge is 0.261 e. The predicted molar refractivity (Wildman–Crippen MR) is 99.8 cm³/mol.